The second-order valence-corrected chi connectivity index (χ2v) is 14.1. The van der Waals surface area contributed by atoms with Crippen molar-refractivity contribution in [1.29, 1.82) is 0 Å². The van der Waals surface area contributed by atoms with E-state index in [0.717, 1.165) is 73.2 Å². The highest BCUT2D eigenvalue weighted by Crippen LogP contribution is 2.31. The molecule has 0 bridgehead atoms. The molecular weight excluding hydrogens is 616 g/mol. The van der Waals surface area contributed by atoms with Crippen molar-refractivity contribution in [3.8, 4) is 5.75 Å². The van der Waals surface area contributed by atoms with Gasteiger partial charge in [-0.1, -0.05) is 56.7 Å². The van der Waals surface area contributed by atoms with Crippen LogP contribution in [0.15, 0.2) is 47.5 Å². The molecule has 10 nitrogen and oxygen atoms in total. The predicted octanol–water partition coefficient (Wildman–Crippen LogP) is 6.45. The molecule has 268 valence electrons. The zero-order valence-electron chi connectivity index (χ0n) is 29.8. The molecule has 49 heavy (non-hydrogen) atoms. The van der Waals surface area contributed by atoms with Crippen LogP contribution in [0.25, 0.3) is 0 Å². The van der Waals surface area contributed by atoms with Crippen LogP contribution >= 0.6 is 0 Å². The van der Waals surface area contributed by atoms with E-state index < -0.39 is 0 Å². The highest BCUT2D eigenvalue weighted by Gasteiger charge is 2.31. The lowest BCUT2D eigenvalue weighted by Crippen LogP contribution is -2.54. The Morgan fingerprint density at radius 2 is 1.63 bits per heavy atom. The number of anilines is 1. The first kappa shape index (κ1) is 36.6. The first-order chi connectivity index (χ1) is 23.9. The average Bonchev–Trinajstić information content (AvgIpc) is 3.12. The second-order valence-electron chi connectivity index (χ2n) is 14.1. The fourth-order valence-electron chi connectivity index (χ4n) is 7.67. The van der Waals surface area contributed by atoms with Gasteiger partial charge in [-0.05, 0) is 88.1 Å². The minimum absolute atomic E-state index is 0.0369. The summed E-state index contributed by atoms with van der Waals surface area (Å²) in [6.45, 7) is 3.98. The molecule has 3 N–H and O–H groups in total. The van der Waals surface area contributed by atoms with Gasteiger partial charge in [-0.15, -0.1) is 0 Å². The van der Waals surface area contributed by atoms with Gasteiger partial charge in [0.2, 0.25) is 5.91 Å². The summed E-state index contributed by atoms with van der Waals surface area (Å²) in [5.41, 5.74) is 10.1. The monoisotopic (exact) mass is 674 g/mol. The van der Waals surface area contributed by atoms with Crippen molar-refractivity contribution in [2.75, 3.05) is 38.4 Å². The van der Waals surface area contributed by atoms with Crippen molar-refractivity contribution in [2.45, 2.75) is 122 Å². The Hall–Kier alpha value is -3.63. The lowest BCUT2D eigenvalue weighted by atomic mass is 9.93. The molecule has 10 heteroatoms. The first-order valence-electron chi connectivity index (χ1n) is 18.7. The summed E-state index contributed by atoms with van der Waals surface area (Å²) in [7, 11) is 2.04. The molecule has 3 aliphatic rings. The molecule has 0 saturated heterocycles. The third-order valence-corrected chi connectivity index (χ3v) is 10.5. The number of ether oxygens (including phenoxy) is 1. The number of hydrogen-bond acceptors (Lipinski definition) is 8. The number of para-hydroxylation sites is 1. The van der Waals surface area contributed by atoms with Crippen molar-refractivity contribution in [1.82, 2.24) is 14.8 Å². The smallest absolute Gasteiger partial charge is 0.261 e. The van der Waals surface area contributed by atoms with Gasteiger partial charge in [0, 0.05) is 50.8 Å². The van der Waals surface area contributed by atoms with Crippen molar-refractivity contribution in [3.05, 3.63) is 53.6 Å². The summed E-state index contributed by atoms with van der Waals surface area (Å²) in [5.74, 6) is 1.29. The van der Waals surface area contributed by atoms with Gasteiger partial charge in [-0.3, -0.25) is 9.59 Å². The van der Waals surface area contributed by atoms with Gasteiger partial charge in [0.1, 0.15) is 12.3 Å². The number of nitrogens with zero attached hydrogens (tertiary/aromatic N) is 5. The van der Waals surface area contributed by atoms with Gasteiger partial charge in [-0.25, -0.2) is 15.0 Å². The minimum Gasteiger partial charge on any atom is -0.494 e. The zero-order chi connectivity index (χ0) is 34.6. The van der Waals surface area contributed by atoms with Crippen molar-refractivity contribution >= 4 is 29.1 Å². The van der Waals surface area contributed by atoms with Crippen LogP contribution in [-0.2, 0) is 16.1 Å². The molecule has 2 aliphatic carbocycles. The van der Waals surface area contributed by atoms with Crippen molar-refractivity contribution < 1.29 is 19.4 Å². The lowest BCUT2D eigenvalue weighted by Gasteiger charge is -2.41. The maximum atomic E-state index is 14.1. The first-order valence-corrected chi connectivity index (χ1v) is 18.7. The Balaban J connectivity index is 1.13. The fraction of sp³-hybridized carbons (Fsp3) is 0.615. The molecule has 0 unspecified atom stereocenters. The molecule has 0 atom stereocenters. The van der Waals surface area contributed by atoms with Crippen LogP contribution in [0, 0.1) is 6.92 Å². The van der Waals surface area contributed by atoms with Crippen LogP contribution in [0.3, 0.4) is 0 Å². The van der Waals surface area contributed by atoms with Gasteiger partial charge in [-0.2, -0.15) is 0 Å². The topological polar surface area (TPSA) is 115 Å². The predicted molar refractivity (Wildman–Crippen MR) is 196 cm³/mol. The van der Waals surface area contributed by atoms with Crippen LogP contribution < -0.4 is 15.5 Å². The van der Waals surface area contributed by atoms with E-state index in [1.807, 2.05) is 71.2 Å². The number of aliphatic hydroxyl groups is 1. The fourth-order valence-corrected chi connectivity index (χ4v) is 7.67. The third kappa shape index (κ3) is 9.97. The van der Waals surface area contributed by atoms with Gasteiger partial charge in [0.25, 0.3) is 5.91 Å². The summed E-state index contributed by atoms with van der Waals surface area (Å²) in [6.07, 6.45) is 15.4. The van der Waals surface area contributed by atoms with E-state index in [1.54, 1.807) is 0 Å². The molecule has 2 amide bonds. The van der Waals surface area contributed by atoms with Crippen LogP contribution in [0.4, 0.5) is 11.4 Å². The Kier molecular flexibility index (Phi) is 13.8. The number of carbonyl (C=O) groups is 2. The highest BCUT2D eigenvalue weighted by molar-refractivity contribution is 5.97. The Morgan fingerprint density at radius 3 is 2.35 bits per heavy atom. The number of benzene rings is 2. The molecule has 2 fully saturated rings. The number of aliphatic hydroxyl groups excluding tert-OH is 1. The van der Waals surface area contributed by atoms with E-state index in [4.69, 9.17) is 10.5 Å². The van der Waals surface area contributed by atoms with Crippen molar-refractivity contribution in [2.24, 2.45) is 10.7 Å². The molecule has 2 aromatic carbocycles. The summed E-state index contributed by atoms with van der Waals surface area (Å²) < 4.78 is 6.12. The number of rotatable bonds is 16. The van der Waals surface area contributed by atoms with Gasteiger partial charge < -0.3 is 25.4 Å². The van der Waals surface area contributed by atoms with E-state index in [2.05, 4.69) is 10.0 Å². The molecule has 0 spiro atoms. The largest absolute Gasteiger partial charge is 0.494 e. The number of carbonyl (C=O) groups excluding carboxylic acids is 2. The van der Waals surface area contributed by atoms with Crippen molar-refractivity contribution in [3.63, 3.8) is 0 Å². The SMILES string of the molecule is Cc1ccccc1N(C(=O)CN1Cc2cc(OCCCCCC(=O)N(CCCO)C3CCCCC3)ccc2N=C1N)N(C)C1CCCCC1. The Morgan fingerprint density at radius 1 is 0.918 bits per heavy atom. The second kappa shape index (κ2) is 18.4. The standard InChI is InChI=1S/C39H58N6O4/c1-30-15-11-12-20-36(30)45(42(2)32-16-6-3-7-17-32)38(48)29-43-28-31-27-34(22-23-35(31)41-39(43)40)49-26-13-5-10-21-37(47)44(24-14-25-46)33-18-8-4-9-19-33/h11-12,15,20,22-23,27,32-33,46H,3-10,13-14,16-19,21,24-26,28-29H2,1-2H3,(H2,40,41). The summed E-state index contributed by atoms with van der Waals surface area (Å²) in [4.78, 5) is 35.7. The van der Waals surface area contributed by atoms with Crippen LogP contribution in [0.1, 0.15) is 107 Å². The normalized spacial score (nSPS) is 17.1. The van der Waals surface area contributed by atoms with E-state index in [9.17, 15) is 14.7 Å². The van der Waals surface area contributed by atoms with E-state index >= 15 is 0 Å². The van der Waals surface area contributed by atoms with Crippen LogP contribution in [0.5, 0.6) is 5.75 Å². The average molecular weight is 675 g/mol. The van der Waals surface area contributed by atoms with Gasteiger partial charge >= 0.3 is 0 Å². The summed E-state index contributed by atoms with van der Waals surface area (Å²) >= 11 is 0. The van der Waals surface area contributed by atoms with E-state index in [1.165, 1.54) is 38.5 Å². The molecule has 2 saturated carbocycles. The van der Waals surface area contributed by atoms with Gasteiger partial charge in [0.05, 0.1) is 18.0 Å². The highest BCUT2D eigenvalue weighted by atomic mass is 16.5. The van der Waals surface area contributed by atoms with E-state index in [0.29, 0.717) is 50.6 Å². The quantitative estimate of drug-likeness (QED) is 0.155. The third-order valence-electron chi connectivity index (χ3n) is 10.5. The molecule has 5 rings (SSSR count). The number of aliphatic imine (C=N–C) groups is 1. The molecule has 1 aliphatic heterocycles. The number of guanidine groups is 1. The van der Waals surface area contributed by atoms with Crippen LogP contribution in [0.2, 0.25) is 0 Å². The number of unbranched alkanes of at least 4 members (excludes halogenated alkanes) is 2. The molecule has 1 heterocycles. The number of hydrogen-bond donors (Lipinski definition) is 2. The molecule has 0 radical (unpaired) electrons. The number of nitrogens with two attached hydrogens (primary N) is 1. The summed E-state index contributed by atoms with van der Waals surface area (Å²) in [5, 5.41) is 13.3. The lowest BCUT2D eigenvalue weighted by molar-refractivity contribution is -0.134. The van der Waals surface area contributed by atoms with Gasteiger partial charge in [0.15, 0.2) is 5.96 Å². The van der Waals surface area contributed by atoms with E-state index in [-0.39, 0.29) is 25.0 Å². The molecule has 2 aromatic rings. The molecular formula is C39H58N6O4. The van der Waals surface area contributed by atoms with Crippen LogP contribution in [-0.4, -0.2) is 83.1 Å². The minimum atomic E-state index is -0.0369. The maximum Gasteiger partial charge on any atom is 0.261 e. The summed E-state index contributed by atoms with van der Waals surface area (Å²) in [6, 6.07) is 14.6. The number of amides is 2. The molecule has 0 aromatic heterocycles. The Bertz CT molecular complexity index is 1400. The number of fused-ring (bicyclic) bond motifs is 1. The number of hydrazine groups is 1. The maximum absolute atomic E-state index is 14.1. The zero-order valence-corrected chi connectivity index (χ0v) is 29.8. The number of aryl methyl sites for hydroxylation is 1. The Labute approximate surface area is 293 Å².